The van der Waals surface area contributed by atoms with Crippen molar-refractivity contribution in [1.82, 2.24) is 9.80 Å². The number of piperidine rings is 1. The molecule has 1 N–H and O–H groups in total. The van der Waals surface area contributed by atoms with Gasteiger partial charge in [-0.2, -0.15) is 0 Å². The van der Waals surface area contributed by atoms with E-state index in [0.29, 0.717) is 0 Å². The van der Waals surface area contributed by atoms with Crippen LogP contribution in [0.3, 0.4) is 0 Å². The Morgan fingerprint density at radius 2 is 1.92 bits per heavy atom. The van der Waals surface area contributed by atoms with E-state index >= 15 is 0 Å². The summed E-state index contributed by atoms with van der Waals surface area (Å²) in [6.45, 7) is 5.83. The quantitative estimate of drug-likeness (QED) is 0.869. The van der Waals surface area contributed by atoms with Crippen molar-refractivity contribution in [3.63, 3.8) is 0 Å². The number of fused-ring (bicyclic) bond motifs is 1. The van der Waals surface area contributed by atoms with Gasteiger partial charge in [-0.1, -0.05) is 18.2 Å². The van der Waals surface area contributed by atoms with Crippen LogP contribution in [0.4, 0.5) is 5.69 Å². The molecular weight excluding hydrogens is 330 g/mol. The summed E-state index contributed by atoms with van der Waals surface area (Å²) in [5.74, 6) is -0.625. The summed E-state index contributed by atoms with van der Waals surface area (Å²) >= 11 is 0. The van der Waals surface area contributed by atoms with Gasteiger partial charge in [-0.25, -0.2) is 0 Å². The number of likely N-dealkylation sites (tertiary alicyclic amines) is 1. The van der Waals surface area contributed by atoms with E-state index in [1.165, 1.54) is 5.56 Å². The van der Waals surface area contributed by atoms with Gasteiger partial charge in [0.2, 0.25) is 5.91 Å². The molecule has 1 amide bonds. The maximum Gasteiger partial charge on any atom is 0.317 e. The summed E-state index contributed by atoms with van der Waals surface area (Å²) in [5.41, 5.74) is 2.29. The Hall–Kier alpha value is -1.92. The Bertz CT molecular complexity index is 670. The van der Waals surface area contributed by atoms with E-state index in [2.05, 4.69) is 17.9 Å². The van der Waals surface area contributed by atoms with E-state index in [1.807, 2.05) is 42.0 Å². The number of benzene rings is 1. The lowest BCUT2D eigenvalue weighted by molar-refractivity contribution is -0.138. The standard InChI is InChI=1S/C20H29N3O3/c1-14-12-16-6-4-5-7-18(16)23(14)20(26)15(2)22-10-8-17(9-11-22)21(3)13-19(24)25/h4-7,14-15,17H,8-13H2,1-3H3,(H,24,25). The van der Waals surface area contributed by atoms with Crippen LogP contribution in [0.25, 0.3) is 0 Å². The number of anilines is 1. The third kappa shape index (κ3) is 3.76. The molecule has 0 aliphatic carbocycles. The molecular formula is C20H29N3O3. The number of carboxylic acids is 1. The van der Waals surface area contributed by atoms with Crippen LogP contribution in [0.15, 0.2) is 24.3 Å². The molecule has 1 aromatic rings. The van der Waals surface area contributed by atoms with E-state index in [4.69, 9.17) is 5.11 Å². The molecule has 3 rings (SSSR count). The van der Waals surface area contributed by atoms with Crippen molar-refractivity contribution >= 4 is 17.6 Å². The third-order valence-electron chi connectivity index (χ3n) is 5.86. The fourth-order valence-corrected chi connectivity index (χ4v) is 4.32. The summed E-state index contributed by atoms with van der Waals surface area (Å²) in [6.07, 6.45) is 2.71. The number of likely N-dealkylation sites (N-methyl/N-ethyl adjacent to an activating group) is 1. The highest BCUT2D eigenvalue weighted by Crippen LogP contribution is 2.33. The molecule has 6 nitrogen and oxygen atoms in total. The molecule has 1 aromatic carbocycles. The molecule has 142 valence electrons. The summed E-state index contributed by atoms with van der Waals surface area (Å²) in [5, 5.41) is 8.95. The second-order valence-corrected chi connectivity index (χ2v) is 7.64. The number of hydrogen-bond donors (Lipinski definition) is 1. The zero-order valence-corrected chi connectivity index (χ0v) is 15.9. The Morgan fingerprint density at radius 3 is 2.58 bits per heavy atom. The number of nitrogens with zero attached hydrogens (tertiary/aromatic N) is 3. The van der Waals surface area contributed by atoms with Crippen molar-refractivity contribution in [3.8, 4) is 0 Å². The maximum absolute atomic E-state index is 13.2. The fraction of sp³-hybridized carbons (Fsp3) is 0.600. The molecule has 0 saturated carbocycles. The first-order valence-electron chi connectivity index (χ1n) is 9.45. The molecule has 0 bridgehead atoms. The number of carbonyl (C=O) groups is 2. The maximum atomic E-state index is 13.2. The van der Waals surface area contributed by atoms with Crippen LogP contribution in [0.2, 0.25) is 0 Å². The van der Waals surface area contributed by atoms with Crippen LogP contribution in [0.1, 0.15) is 32.3 Å². The van der Waals surface area contributed by atoms with Crippen molar-refractivity contribution in [2.24, 2.45) is 0 Å². The highest BCUT2D eigenvalue weighted by Gasteiger charge is 2.36. The number of hydrogen-bond acceptors (Lipinski definition) is 4. The van der Waals surface area contributed by atoms with Crippen LogP contribution >= 0.6 is 0 Å². The molecule has 1 saturated heterocycles. The van der Waals surface area contributed by atoms with Gasteiger partial charge in [-0.3, -0.25) is 19.4 Å². The van der Waals surface area contributed by atoms with Gasteiger partial charge in [0.25, 0.3) is 0 Å². The zero-order chi connectivity index (χ0) is 18.8. The smallest absolute Gasteiger partial charge is 0.317 e. The molecule has 0 radical (unpaired) electrons. The first kappa shape index (κ1) is 18.9. The van der Waals surface area contributed by atoms with Gasteiger partial charge >= 0.3 is 5.97 Å². The van der Waals surface area contributed by atoms with Gasteiger partial charge in [-0.15, -0.1) is 0 Å². The molecule has 1 fully saturated rings. The van der Waals surface area contributed by atoms with Crippen LogP contribution in [0.5, 0.6) is 0 Å². The molecule has 2 atom stereocenters. The summed E-state index contributed by atoms with van der Waals surface area (Å²) < 4.78 is 0. The van der Waals surface area contributed by atoms with Gasteiger partial charge in [0.05, 0.1) is 12.6 Å². The normalized spacial score (nSPS) is 22.5. The summed E-state index contributed by atoms with van der Waals surface area (Å²) in [6, 6.07) is 8.48. The van der Waals surface area contributed by atoms with Crippen molar-refractivity contribution in [1.29, 1.82) is 0 Å². The van der Waals surface area contributed by atoms with Crippen molar-refractivity contribution in [2.75, 3.05) is 31.6 Å². The van der Waals surface area contributed by atoms with Gasteiger partial charge in [-0.05, 0) is 51.8 Å². The lowest BCUT2D eigenvalue weighted by atomic mass is 10.0. The number of carboxylic acid groups (broad SMARTS) is 1. The number of carbonyl (C=O) groups excluding carboxylic acids is 1. The SMILES string of the molecule is CC(C(=O)N1c2ccccc2CC1C)N1CCC(N(C)CC(=O)O)CC1. The van der Waals surface area contributed by atoms with Crippen LogP contribution in [-0.2, 0) is 16.0 Å². The predicted molar refractivity (Wildman–Crippen MR) is 101 cm³/mol. The minimum absolute atomic E-state index is 0.0707. The lowest BCUT2D eigenvalue weighted by Gasteiger charge is -2.39. The predicted octanol–water partition coefficient (Wildman–Crippen LogP) is 1.83. The van der Waals surface area contributed by atoms with E-state index in [0.717, 1.165) is 38.0 Å². The van der Waals surface area contributed by atoms with E-state index in [9.17, 15) is 9.59 Å². The third-order valence-corrected chi connectivity index (χ3v) is 5.86. The van der Waals surface area contributed by atoms with Gasteiger partial charge < -0.3 is 10.0 Å². The minimum atomic E-state index is -0.792. The summed E-state index contributed by atoms with van der Waals surface area (Å²) in [7, 11) is 1.87. The van der Waals surface area contributed by atoms with Crippen LogP contribution < -0.4 is 4.90 Å². The van der Waals surface area contributed by atoms with Gasteiger partial charge in [0, 0.05) is 30.9 Å². The van der Waals surface area contributed by atoms with Gasteiger partial charge in [0.1, 0.15) is 0 Å². The minimum Gasteiger partial charge on any atom is -0.480 e. The van der Waals surface area contributed by atoms with Crippen LogP contribution in [0, 0.1) is 0 Å². The molecule has 2 aliphatic heterocycles. The van der Waals surface area contributed by atoms with Crippen molar-refractivity contribution < 1.29 is 14.7 Å². The lowest BCUT2D eigenvalue weighted by Crippen LogP contribution is -2.53. The second kappa shape index (κ2) is 7.76. The average Bonchev–Trinajstić information content (AvgIpc) is 2.95. The molecule has 0 spiro atoms. The highest BCUT2D eigenvalue weighted by molar-refractivity contribution is 5.99. The Kier molecular flexibility index (Phi) is 5.63. The molecule has 6 heteroatoms. The Balaban J connectivity index is 1.61. The number of aliphatic carboxylic acids is 1. The van der Waals surface area contributed by atoms with E-state index in [1.54, 1.807) is 0 Å². The number of rotatable bonds is 5. The Morgan fingerprint density at radius 1 is 1.27 bits per heavy atom. The topological polar surface area (TPSA) is 64.1 Å². The largest absolute Gasteiger partial charge is 0.480 e. The first-order chi connectivity index (χ1) is 12.4. The molecule has 0 aromatic heterocycles. The molecule has 2 aliphatic rings. The van der Waals surface area contributed by atoms with Crippen molar-refractivity contribution in [3.05, 3.63) is 29.8 Å². The molecule has 26 heavy (non-hydrogen) atoms. The zero-order valence-electron chi connectivity index (χ0n) is 15.9. The summed E-state index contributed by atoms with van der Waals surface area (Å²) in [4.78, 5) is 30.2. The second-order valence-electron chi connectivity index (χ2n) is 7.64. The monoisotopic (exact) mass is 359 g/mol. The molecule has 2 heterocycles. The van der Waals surface area contributed by atoms with Crippen molar-refractivity contribution in [2.45, 2.75) is 51.2 Å². The number of para-hydroxylation sites is 1. The van der Waals surface area contributed by atoms with E-state index in [-0.39, 0.29) is 30.6 Å². The molecule has 2 unspecified atom stereocenters. The highest BCUT2D eigenvalue weighted by atomic mass is 16.4. The average molecular weight is 359 g/mol. The van der Waals surface area contributed by atoms with Crippen LogP contribution in [-0.4, -0.2) is 71.6 Å². The first-order valence-corrected chi connectivity index (χ1v) is 9.45. The Labute approximate surface area is 155 Å². The number of amides is 1. The van der Waals surface area contributed by atoms with Gasteiger partial charge in [0.15, 0.2) is 0 Å². The fourth-order valence-electron chi connectivity index (χ4n) is 4.32. The van der Waals surface area contributed by atoms with E-state index < -0.39 is 5.97 Å².